The van der Waals surface area contributed by atoms with Crippen LogP contribution in [0.5, 0.6) is 0 Å². The van der Waals surface area contributed by atoms with Crippen LogP contribution in [-0.2, 0) is 9.59 Å². The monoisotopic (exact) mass is 295 g/mol. The molecule has 0 aromatic heterocycles. The molecule has 0 radical (unpaired) electrons. The molecular formula is C15H21NO3S. The summed E-state index contributed by atoms with van der Waals surface area (Å²) in [5.74, 6) is -1.24. The van der Waals surface area contributed by atoms with Crippen LogP contribution in [0.3, 0.4) is 0 Å². The lowest BCUT2D eigenvalue weighted by molar-refractivity contribution is -0.146. The summed E-state index contributed by atoms with van der Waals surface area (Å²) >= 11 is 1.45. The quantitative estimate of drug-likeness (QED) is 0.759. The van der Waals surface area contributed by atoms with E-state index >= 15 is 0 Å². The molecule has 4 nitrogen and oxygen atoms in total. The van der Waals surface area contributed by atoms with Crippen LogP contribution in [-0.4, -0.2) is 27.8 Å². The predicted octanol–water partition coefficient (Wildman–Crippen LogP) is 2.93. The molecule has 2 atom stereocenters. The number of benzene rings is 1. The number of carboxylic acid groups (broad SMARTS) is 1. The highest BCUT2D eigenvalue weighted by Crippen LogP contribution is 2.26. The predicted molar refractivity (Wildman–Crippen MR) is 80.9 cm³/mol. The first-order chi connectivity index (χ1) is 9.42. The highest BCUT2D eigenvalue weighted by Gasteiger charge is 2.34. The Morgan fingerprint density at radius 2 is 1.90 bits per heavy atom. The second-order valence-electron chi connectivity index (χ2n) is 4.81. The molecule has 5 heteroatoms. The minimum Gasteiger partial charge on any atom is -0.480 e. The number of hydrogen-bond donors (Lipinski definition) is 2. The number of thioether (sulfide) groups is 1. The third-order valence-electron chi connectivity index (χ3n) is 3.26. The molecule has 0 saturated carbocycles. The van der Waals surface area contributed by atoms with E-state index in [1.165, 1.54) is 18.7 Å². The second-order valence-corrected chi connectivity index (χ2v) is 6.08. The molecule has 0 fully saturated rings. The number of amides is 1. The summed E-state index contributed by atoms with van der Waals surface area (Å²) in [5.41, 5.74) is -1.21. The normalized spacial score (nSPS) is 15.2. The van der Waals surface area contributed by atoms with Crippen molar-refractivity contribution in [1.29, 1.82) is 0 Å². The summed E-state index contributed by atoms with van der Waals surface area (Å²) < 4.78 is 0. The number of hydrogen-bond acceptors (Lipinski definition) is 3. The van der Waals surface area contributed by atoms with Gasteiger partial charge in [-0.1, -0.05) is 32.0 Å². The molecule has 0 aliphatic heterocycles. The van der Waals surface area contributed by atoms with Gasteiger partial charge < -0.3 is 10.4 Å². The average molecular weight is 295 g/mol. The lowest BCUT2D eigenvalue weighted by Gasteiger charge is -2.27. The summed E-state index contributed by atoms with van der Waals surface area (Å²) in [6.45, 7) is 5.21. The van der Waals surface area contributed by atoms with Crippen LogP contribution >= 0.6 is 11.8 Å². The average Bonchev–Trinajstić information content (AvgIpc) is 2.45. The number of rotatable bonds is 7. The number of carboxylic acids is 1. The first kappa shape index (κ1) is 16.6. The molecule has 1 aromatic carbocycles. The Morgan fingerprint density at radius 3 is 2.35 bits per heavy atom. The van der Waals surface area contributed by atoms with Gasteiger partial charge in [0.2, 0.25) is 5.91 Å². The smallest absolute Gasteiger partial charge is 0.329 e. The van der Waals surface area contributed by atoms with Crippen molar-refractivity contribution in [3.8, 4) is 0 Å². The van der Waals surface area contributed by atoms with Gasteiger partial charge in [0, 0.05) is 4.90 Å². The van der Waals surface area contributed by atoms with E-state index in [4.69, 9.17) is 0 Å². The van der Waals surface area contributed by atoms with Crippen LogP contribution in [0.4, 0.5) is 0 Å². The van der Waals surface area contributed by atoms with Crippen LogP contribution in [0.15, 0.2) is 35.2 Å². The lowest BCUT2D eigenvalue weighted by Crippen LogP contribution is -2.53. The molecule has 0 saturated heterocycles. The molecule has 2 N–H and O–H groups in total. The van der Waals surface area contributed by atoms with Crippen LogP contribution < -0.4 is 5.32 Å². The molecular weight excluding hydrogens is 274 g/mol. The molecule has 110 valence electrons. The molecule has 2 unspecified atom stereocenters. The summed E-state index contributed by atoms with van der Waals surface area (Å²) in [7, 11) is 0. The molecule has 0 spiro atoms. The Kier molecular flexibility index (Phi) is 6.07. The van der Waals surface area contributed by atoms with Crippen molar-refractivity contribution < 1.29 is 14.7 Å². The molecule has 20 heavy (non-hydrogen) atoms. The number of carbonyl (C=O) groups is 2. The maximum Gasteiger partial charge on any atom is 0.329 e. The second kappa shape index (κ2) is 7.33. The third kappa shape index (κ3) is 4.27. The van der Waals surface area contributed by atoms with Gasteiger partial charge >= 0.3 is 5.97 Å². The van der Waals surface area contributed by atoms with Gasteiger partial charge in [0.05, 0.1) is 5.25 Å². The van der Waals surface area contributed by atoms with Crippen LogP contribution in [0.1, 0.15) is 33.6 Å². The van der Waals surface area contributed by atoms with Crippen LogP contribution in [0.2, 0.25) is 0 Å². The highest BCUT2D eigenvalue weighted by atomic mass is 32.2. The zero-order valence-electron chi connectivity index (χ0n) is 12.1. The van der Waals surface area contributed by atoms with Crippen molar-refractivity contribution in [1.82, 2.24) is 5.32 Å². The van der Waals surface area contributed by atoms with Crippen molar-refractivity contribution in [2.45, 2.75) is 49.3 Å². The Bertz CT molecular complexity index is 463. The van der Waals surface area contributed by atoms with E-state index in [2.05, 4.69) is 5.32 Å². The van der Waals surface area contributed by atoms with Crippen molar-refractivity contribution >= 4 is 23.6 Å². The SMILES string of the molecule is CCC(Sc1ccccc1)C(=O)NC(C)(CC)C(=O)O. The number of nitrogens with one attached hydrogen (secondary N) is 1. The van der Waals surface area contributed by atoms with Gasteiger partial charge in [-0.05, 0) is 31.9 Å². The molecule has 1 amide bonds. The van der Waals surface area contributed by atoms with Gasteiger partial charge in [-0.15, -0.1) is 11.8 Å². The summed E-state index contributed by atoms with van der Waals surface area (Å²) in [5, 5.41) is 11.6. The number of aliphatic carboxylic acids is 1. The van der Waals surface area contributed by atoms with Crippen LogP contribution in [0.25, 0.3) is 0 Å². The van der Waals surface area contributed by atoms with E-state index in [0.29, 0.717) is 12.8 Å². The van der Waals surface area contributed by atoms with Crippen LogP contribution in [0, 0.1) is 0 Å². The standard InChI is InChI=1S/C15H21NO3S/c1-4-12(20-11-9-7-6-8-10-11)13(17)16-15(3,5-2)14(18)19/h6-10,12H,4-5H2,1-3H3,(H,16,17)(H,18,19). The molecule has 0 aliphatic rings. The zero-order chi connectivity index (χ0) is 15.2. The summed E-state index contributed by atoms with van der Waals surface area (Å²) in [6.07, 6.45) is 0.991. The first-order valence-corrected chi connectivity index (χ1v) is 7.58. The fourth-order valence-corrected chi connectivity index (χ4v) is 2.61. The van der Waals surface area contributed by atoms with Crippen molar-refractivity contribution in [2.24, 2.45) is 0 Å². The first-order valence-electron chi connectivity index (χ1n) is 6.70. The Hall–Kier alpha value is -1.49. The van der Waals surface area contributed by atoms with E-state index < -0.39 is 11.5 Å². The van der Waals surface area contributed by atoms with Gasteiger partial charge in [-0.2, -0.15) is 0 Å². The fraction of sp³-hybridized carbons (Fsp3) is 0.467. The van der Waals surface area contributed by atoms with Gasteiger partial charge in [-0.3, -0.25) is 4.79 Å². The Morgan fingerprint density at radius 1 is 1.30 bits per heavy atom. The zero-order valence-corrected chi connectivity index (χ0v) is 12.9. The van der Waals surface area contributed by atoms with E-state index in [1.807, 2.05) is 37.3 Å². The minimum absolute atomic E-state index is 0.229. The highest BCUT2D eigenvalue weighted by molar-refractivity contribution is 8.00. The van der Waals surface area contributed by atoms with E-state index in [-0.39, 0.29) is 11.2 Å². The number of carbonyl (C=O) groups excluding carboxylic acids is 1. The Balaban J connectivity index is 2.75. The van der Waals surface area contributed by atoms with E-state index in [0.717, 1.165) is 4.90 Å². The van der Waals surface area contributed by atoms with Gasteiger partial charge in [0.1, 0.15) is 5.54 Å². The van der Waals surface area contributed by atoms with Gasteiger partial charge in [0.15, 0.2) is 0 Å². The third-order valence-corrected chi connectivity index (χ3v) is 4.64. The summed E-state index contributed by atoms with van der Waals surface area (Å²) in [4.78, 5) is 24.5. The summed E-state index contributed by atoms with van der Waals surface area (Å²) in [6, 6.07) is 9.64. The molecule has 1 aromatic rings. The van der Waals surface area contributed by atoms with E-state index in [1.54, 1.807) is 6.92 Å². The molecule has 1 rings (SSSR count). The van der Waals surface area contributed by atoms with Gasteiger partial charge in [0.25, 0.3) is 0 Å². The van der Waals surface area contributed by atoms with Gasteiger partial charge in [-0.25, -0.2) is 4.79 Å². The van der Waals surface area contributed by atoms with E-state index in [9.17, 15) is 14.7 Å². The minimum atomic E-state index is -1.21. The van der Waals surface area contributed by atoms with Crippen molar-refractivity contribution in [2.75, 3.05) is 0 Å². The molecule has 0 heterocycles. The maximum absolute atomic E-state index is 12.3. The Labute approximate surface area is 124 Å². The maximum atomic E-state index is 12.3. The molecule has 0 bridgehead atoms. The topological polar surface area (TPSA) is 66.4 Å². The van der Waals surface area contributed by atoms with Crippen molar-refractivity contribution in [3.63, 3.8) is 0 Å². The lowest BCUT2D eigenvalue weighted by atomic mass is 9.99. The van der Waals surface area contributed by atoms with Crippen molar-refractivity contribution in [3.05, 3.63) is 30.3 Å². The largest absolute Gasteiger partial charge is 0.480 e. The molecule has 0 aliphatic carbocycles. The fourth-order valence-electron chi connectivity index (χ4n) is 1.63.